The molecule has 0 fully saturated rings. The molecule has 0 atom stereocenters. The molecule has 6 nitrogen and oxygen atoms in total. The first-order chi connectivity index (χ1) is 9.29. The number of sulfonamides is 1. The molecule has 0 aliphatic carbocycles. The molecule has 1 aromatic carbocycles. The monoisotopic (exact) mass is 338 g/mol. The van der Waals surface area contributed by atoms with E-state index in [4.69, 9.17) is 11.6 Å². The van der Waals surface area contributed by atoms with Crippen molar-refractivity contribution in [1.29, 1.82) is 0 Å². The third kappa shape index (κ3) is 4.34. The number of nitrogens with one attached hydrogen (secondary N) is 1. The van der Waals surface area contributed by atoms with E-state index in [0.29, 0.717) is 18.5 Å². The van der Waals surface area contributed by atoms with Crippen LogP contribution in [0.3, 0.4) is 0 Å². The van der Waals surface area contributed by atoms with Crippen LogP contribution in [0.2, 0.25) is 5.02 Å². The van der Waals surface area contributed by atoms with E-state index in [1.54, 1.807) is 18.7 Å². The first-order valence-corrected chi connectivity index (χ1v) is 8.98. The number of hydrogen-bond acceptors (Lipinski definition) is 5. The van der Waals surface area contributed by atoms with Gasteiger partial charge in [-0.15, -0.1) is 0 Å². The second kappa shape index (κ2) is 7.26. The van der Waals surface area contributed by atoms with Gasteiger partial charge in [0.05, 0.1) is 9.82 Å². The molecule has 0 saturated carbocycles. The molecular weight excluding hydrogens is 324 g/mol. The lowest BCUT2D eigenvalue weighted by Gasteiger charge is -2.09. The van der Waals surface area contributed by atoms with Crippen molar-refractivity contribution in [3.05, 3.63) is 32.8 Å². The lowest BCUT2D eigenvalue weighted by Crippen LogP contribution is -2.26. The summed E-state index contributed by atoms with van der Waals surface area (Å²) >= 11 is 7.35. The van der Waals surface area contributed by atoms with Crippen molar-refractivity contribution < 1.29 is 13.3 Å². The highest BCUT2D eigenvalue weighted by Crippen LogP contribution is 2.29. The molecule has 1 N–H and O–H groups in total. The van der Waals surface area contributed by atoms with Gasteiger partial charge in [0.1, 0.15) is 5.02 Å². The molecule has 0 bridgehead atoms. The highest BCUT2D eigenvalue weighted by atomic mass is 35.5. The second-order valence-corrected chi connectivity index (χ2v) is 7.20. The quantitative estimate of drug-likeness (QED) is 0.469. The lowest BCUT2D eigenvalue weighted by molar-refractivity contribution is -0.384. The van der Waals surface area contributed by atoms with E-state index in [9.17, 15) is 18.5 Å². The van der Waals surface area contributed by atoms with Gasteiger partial charge in [-0.05, 0) is 37.0 Å². The number of aryl methyl sites for hydroxylation is 1. The third-order valence-corrected chi connectivity index (χ3v) is 5.15. The number of nitro groups is 1. The molecule has 0 radical (unpaired) electrons. The molecule has 112 valence electrons. The van der Waals surface area contributed by atoms with Gasteiger partial charge in [0.2, 0.25) is 10.0 Å². The molecular formula is C11H15ClN2O4S2. The summed E-state index contributed by atoms with van der Waals surface area (Å²) in [6.45, 7) is 1.84. The first kappa shape index (κ1) is 17.2. The van der Waals surface area contributed by atoms with Gasteiger partial charge in [0.25, 0.3) is 5.69 Å². The van der Waals surface area contributed by atoms with Gasteiger partial charge < -0.3 is 0 Å². The summed E-state index contributed by atoms with van der Waals surface area (Å²) in [7, 11) is -3.77. The van der Waals surface area contributed by atoms with E-state index in [1.807, 2.05) is 6.26 Å². The highest BCUT2D eigenvalue weighted by molar-refractivity contribution is 7.98. The van der Waals surface area contributed by atoms with E-state index in [0.717, 1.165) is 11.8 Å². The second-order valence-electron chi connectivity index (χ2n) is 4.07. The Balaban J connectivity index is 3.05. The number of halogens is 1. The Morgan fingerprint density at radius 2 is 2.10 bits per heavy atom. The fourth-order valence-electron chi connectivity index (χ4n) is 1.57. The molecule has 0 aromatic heterocycles. The molecule has 0 aliphatic rings. The summed E-state index contributed by atoms with van der Waals surface area (Å²) in [4.78, 5) is 10.0. The van der Waals surface area contributed by atoms with Gasteiger partial charge in [0, 0.05) is 12.6 Å². The first-order valence-electron chi connectivity index (χ1n) is 5.72. The Hall–Kier alpha value is -0.830. The fraction of sp³-hybridized carbons (Fsp3) is 0.455. The van der Waals surface area contributed by atoms with Crippen LogP contribution >= 0.6 is 23.4 Å². The summed E-state index contributed by atoms with van der Waals surface area (Å²) < 4.78 is 26.7. The minimum absolute atomic E-state index is 0.0752. The van der Waals surface area contributed by atoms with Crippen LogP contribution in [0.25, 0.3) is 0 Å². The standard InChI is InChI=1S/C11H15ClN2O4S2/c1-8-6-9(12)10(14(15)16)7-11(8)20(17,18)13-4-3-5-19-2/h6-7,13H,3-5H2,1-2H3. The van der Waals surface area contributed by atoms with Crippen LogP contribution in [-0.2, 0) is 10.0 Å². The largest absolute Gasteiger partial charge is 0.289 e. The zero-order valence-electron chi connectivity index (χ0n) is 11.1. The van der Waals surface area contributed by atoms with E-state index in [-0.39, 0.29) is 9.92 Å². The molecule has 1 aromatic rings. The SMILES string of the molecule is CSCCCNS(=O)(=O)c1cc([N+](=O)[O-])c(Cl)cc1C. The van der Waals surface area contributed by atoms with Crippen molar-refractivity contribution in [1.82, 2.24) is 4.72 Å². The minimum atomic E-state index is -3.77. The van der Waals surface area contributed by atoms with Crippen molar-refractivity contribution in [3.8, 4) is 0 Å². The maximum absolute atomic E-state index is 12.1. The van der Waals surface area contributed by atoms with Crippen molar-refractivity contribution >= 4 is 39.1 Å². The van der Waals surface area contributed by atoms with Gasteiger partial charge in [0.15, 0.2) is 0 Å². The van der Waals surface area contributed by atoms with Crippen molar-refractivity contribution in [2.75, 3.05) is 18.6 Å². The van der Waals surface area contributed by atoms with Crippen LogP contribution in [-0.4, -0.2) is 31.9 Å². The molecule has 1 rings (SSSR count). The summed E-state index contributed by atoms with van der Waals surface area (Å²) in [5.74, 6) is 0.836. The Labute approximate surface area is 127 Å². The van der Waals surface area contributed by atoms with Gasteiger partial charge in [-0.1, -0.05) is 11.6 Å². The molecule has 0 heterocycles. The summed E-state index contributed by atoms with van der Waals surface area (Å²) in [5, 5.41) is 10.7. The Morgan fingerprint density at radius 3 is 2.65 bits per heavy atom. The van der Waals surface area contributed by atoms with E-state index >= 15 is 0 Å². The van der Waals surface area contributed by atoms with Crippen molar-refractivity contribution in [2.45, 2.75) is 18.2 Å². The van der Waals surface area contributed by atoms with Crippen molar-refractivity contribution in [3.63, 3.8) is 0 Å². The average molecular weight is 339 g/mol. The normalized spacial score (nSPS) is 11.6. The van der Waals surface area contributed by atoms with Gasteiger partial charge in [-0.2, -0.15) is 11.8 Å². The van der Waals surface area contributed by atoms with Crippen molar-refractivity contribution in [2.24, 2.45) is 0 Å². The minimum Gasteiger partial charge on any atom is -0.258 e. The highest BCUT2D eigenvalue weighted by Gasteiger charge is 2.23. The lowest BCUT2D eigenvalue weighted by atomic mass is 10.2. The van der Waals surface area contributed by atoms with Crippen LogP contribution in [0.4, 0.5) is 5.69 Å². The molecule has 0 saturated heterocycles. The zero-order valence-corrected chi connectivity index (χ0v) is 13.4. The van der Waals surface area contributed by atoms with E-state index in [1.165, 1.54) is 6.07 Å². The summed E-state index contributed by atoms with van der Waals surface area (Å²) in [5.41, 5.74) is -0.0419. The predicted octanol–water partition coefficient (Wildman–Crippen LogP) is 2.59. The van der Waals surface area contributed by atoms with Crippen LogP contribution in [0.15, 0.2) is 17.0 Å². The molecule has 0 aliphatic heterocycles. The third-order valence-electron chi connectivity index (χ3n) is 2.55. The summed E-state index contributed by atoms with van der Waals surface area (Å²) in [6.07, 6.45) is 2.62. The molecule has 20 heavy (non-hydrogen) atoms. The Kier molecular flexibility index (Phi) is 6.25. The number of benzene rings is 1. The van der Waals surface area contributed by atoms with E-state index in [2.05, 4.69) is 4.72 Å². The molecule has 0 unspecified atom stereocenters. The summed E-state index contributed by atoms with van der Waals surface area (Å²) in [6, 6.07) is 2.28. The van der Waals surface area contributed by atoms with Gasteiger partial charge in [-0.25, -0.2) is 13.1 Å². The number of rotatable bonds is 7. The predicted molar refractivity (Wildman–Crippen MR) is 81.0 cm³/mol. The smallest absolute Gasteiger partial charge is 0.258 e. The maximum Gasteiger partial charge on any atom is 0.289 e. The number of thioether (sulfide) groups is 1. The zero-order chi connectivity index (χ0) is 15.3. The number of nitrogens with zero attached hydrogens (tertiary/aromatic N) is 1. The number of hydrogen-bond donors (Lipinski definition) is 1. The maximum atomic E-state index is 12.1. The molecule has 9 heteroatoms. The topological polar surface area (TPSA) is 89.3 Å². The fourth-order valence-corrected chi connectivity index (χ4v) is 3.61. The Bertz CT molecular complexity index is 605. The van der Waals surface area contributed by atoms with Crippen LogP contribution in [0, 0.1) is 17.0 Å². The number of nitro benzene ring substituents is 1. The van der Waals surface area contributed by atoms with Gasteiger partial charge in [-0.3, -0.25) is 10.1 Å². The van der Waals surface area contributed by atoms with E-state index < -0.39 is 20.6 Å². The average Bonchev–Trinajstić information content (AvgIpc) is 2.33. The van der Waals surface area contributed by atoms with Crippen LogP contribution in [0.1, 0.15) is 12.0 Å². The van der Waals surface area contributed by atoms with Gasteiger partial charge >= 0.3 is 0 Å². The molecule has 0 spiro atoms. The van der Waals surface area contributed by atoms with Crippen LogP contribution < -0.4 is 4.72 Å². The van der Waals surface area contributed by atoms with Crippen LogP contribution in [0.5, 0.6) is 0 Å². The Morgan fingerprint density at radius 1 is 1.45 bits per heavy atom. The molecule has 0 amide bonds.